The summed E-state index contributed by atoms with van der Waals surface area (Å²) in [6.45, 7) is 0.454. The van der Waals surface area contributed by atoms with Crippen LogP contribution in [0, 0.1) is 0 Å². The molecule has 0 aliphatic carbocycles. The molecule has 1 aromatic carbocycles. The van der Waals surface area contributed by atoms with E-state index >= 15 is 0 Å². The zero-order chi connectivity index (χ0) is 11.8. The van der Waals surface area contributed by atoms with Crippen molar-refractivity contribution in [3.63, 3.8) is 0 Å². The minimum atomic E-state index is 0.454. The lowest BCUT2D eigenvalue weighted by Crippen LogP contribution is -1.86. The predicted molar refractivity (Wildman–Crippen MR) is 65.7 cm³/mol. The Morgan fingerprint density at radius 1 is 1.56 bits per heavy atom. The molecular weight excluding hydrogens is 226 g/mol. The average molecular weight is 238 g/mol. The normalized spacial score (nSPS) is 10.1. The highest BCUT2D eigenvalue weighted by Gasteiger charge is 1.99. The van der Waals surface area contributed by atoms with Crippen LogP contribution in [0.2, 0.25) is 5.02 Å². The number of benzene rings is 1. The fourth-order valence-electron chi connectivity index (χ4n) is 1.22. The summed E-state index contributed by atoms with van der Waals surface area (Å²) in [5, 5.41) is 4.10. The Morgan fingerprint density at radius 3 is 3.06 bits per heavy atom. The van der Waals surface area contributed by atoms with Crippen molar-refractivity contribution in [3.05, 3.63) is 45.3 Å². The molecular formula is C11H12ClN3O. The van der Waals surface area contributed by atoms with Gasteiger partial charge in [0.05, 0.1) is 7.11 Å². The summed E-state index contributed by atoms with van der Waals surface area (Å²) >= 11 is 5.88. The Bertz CT molecular complexity index is 425. The van der Waals surface area contributed by atoms with Crippen molar-refractivity contribution in [2.75, 3.05) is 13.7 Å². The van der Waals surface area contributed by atoms with Crippen LogP contribution in [-0.4, -0.2) is 13.7 Å². The number of hydrogen-bond acceptors (Lipinski definition) is 2. The van der Waals surface area contributed by atoms with Gasteiger partial charge in [-0.25, -0.2) is 0 Å². The van der Waals surface area contributed by atoms with Gasteiger partial charge >= 0.3 is 0 Å². The molecule has 16 heavy (non-hydrogen) atoms. The summed E-state index contributed by atoms with van der Waals surface area (Å²) in [5.41, 5.74) is 9.01. The summed E-state index contributed by atoms with van der Waals surface area (Å²) in [5.74, 6) is 0.768. The largest absolute Gasteiger partial charge is 0.496 e. The van der Waals surface area contributed by atoms with E-state index < -0.39 is 0 Å². The number of halogens is 1. The molecule has 1 aromatic rings. The highest BCUT2D eigenvalue weighted by atomic mass is 35.5. The summed E-state index contributed by atoms with van der Waals surface area (Å²) in [7, 11) is 1.61. The fraction of sp³-hybridized carbons (Fsp3) is 0.273. The van der Waals surface area contributed by atoms with Crippen LogP contribution in [0.5, 0.6) is 5.75 Å². The first-order chi connectivity index (χ1) is 7.77. The molecule has 0 amide bonds. The van der Waals surface area contributed by atoms with E-state index in [1.54, 1.807) is 13.2 Å². The monoisotopic (exact) mass is 237 g/mol. The van der Waals surface area contributed by atoms with Gasteiger partial charge in [-0.1, -0.05) is 28.9 Å². The molecule has 0 aliphatic rings. The molecule has 0 N–H and O–H groups in total. The number of nitrogens with zero attached hydrogens (tertiary/aromatic N) is 3. The van der Waals surface area contributed by atoms with Gasteiger partial charge in [0.2, 0.25) is 0 Å². The van der Waals surface area contributed by atoms with Gasteiger partial charge in [-0.3, -0.25) is 0 Å². The van der Waals surface area contributed by atoms with Crippen molar-refractivity contribution in [3.8, 4) is 5.75 Å². The standard InChI is InChI=1S/C11H12ClN3O/c1-16-11-6-5-10(12)8-9(11)4-2-3-7-14-15-13/h2,4-6,8H,3,7H2,1H3. The Balaban J connectivity index is 2.71. The molecule has 0 saturated heterocycles. The van der Waals surface area contributed by atoms with Crippen LogP contribution in [0.1, 0.15) is 12.0 Å². The fourth-order valence-corrected chi connectivity index (χ4v) is 1.40. The van der Waals surface area contributed by atoms with Gasteiger partial charge in [-0.2, -0.15) is 0 Å². The van der Waals surface area contributed by atoms with E-state index in [0.29, 0.717) is 18.0 Å². The summed E-state index contributed by atoms with van der Waals surface area (Å²) in [6.07, 6.45) is 4.51. The van der Waals surface area contributed by atoms with E-state index in [2.05, 4.69) is 10.0 Å². The van der Waals surface area contributed by atoms with Crippen molar-refractivity contribution in [2.24, 2.45) is 5.11 Å². The minimum absolute atomic E-state index is 0.454. The van der Waals surface area contributed by atoms with Gasteiger partial charge in [0, 0.05) is 22.0 Å². The highest BCUT2D eigenvalue weighted by molar-refractivity contribution is 6.30. The second-order valence-corrected chi connectivity index (χ2v) is 3.47. The molecule has 0 spiro atoms. The SMILES string of the molecule is COc1ccc(Cl)cc1C=CCCN=[N+]=[N-]. The second-order valence-electron chi connectivity index (χ2n) is 3.03. The van der Waals surface area contributed by atoms with E-state index in [9.17, 15) is 0 Å². The van der Waals surface area contributed by atoms with E-state index in [0.717, 1.165) is 11.3 Å². The molecule has 5 heteroatoms. The van der Waals surface area contributed by atoms with E-state index in [-0.39, 0.29) is 0 Å². The van der Waals surface area contributed by atoms with E-state index in [1.165, 1.54) is 0 Å². The smallest absolute Gasteiger partial charge is 0.126 e. The van der Waals surface area contributed by atoms with E-state index in [1.807, 2.05) is 24.3 Å². The molecule has 0 atom stereocenters. The molecule has 0 bridgehead atoms. The summed E-state index contributed by atoms with van der Waals surface area (Å²) in [6, 6.07) is 5.41. The molecule has 4 nitrogen and oxygen atoms in total. The molecule has 0 radical (unpaired) electrons. The molecule has 84 valence electrons. The molecule has 0 unspecified atom stereocenters. The lowest BCUT2D eigenvalue weighted by Gasteiger charge is -2.04. The van der Waals surface area contributed by atoms with Gasteiger partial charge in [0.15, 0.2) is 0 Å². The highest BCUT2D eigenvalue weighted by Crippen LogP contribution is 2.23. The summed E-state index contributed by atoms with van der Waals surface area (Å²) in [4.78, 5) is 2.67. The maximum Gasteiger partial charge on any atom is 0.126 e. The van der Waals surface area contributed by atoms with Crippen LogP contribution in [-0.2, 0) is 0 Å². The quantitative estimate of drug-likeness (QED) is 0.330. The number of ether oxygens (including phenoxy) is 1. The Morgan fingerprint density at radius 2 is 2.38 bits per heavy atom. The molecule has 0 saturated carbocycles. The lowest BCUT2D eigenvalue weighted by atomic mass is 10.2. The first-order valence-corrected chi connectivity index (χ1v) is 5.16. The third-order valence-corrected chi connectivity index (χ3v) is 2.18. The zero-order valence-electron chi connectivity index (χ0n) is 8.93. The van der Waals surface area contributed by atoms with Crippen LogP contribution in [0.25, 0.3) is 16.5 Å². The number of hydrogen-bond donors (Lipinski definition) is 0. The van der Waals surface area contributed by atoms with Gasteiger partial charge in [0.1, 0.15) is 5.75 Å². The third-order valence-electron chi connectivity index (χ3n) is 1.95. The second kappa shape index (κ2) is 6.77. The van der Waals surface area contributed by atoms with Crippen molar-refractivity contribution in [1.82, 2.24) is 0 Å². The minimum Gasteiger partial charge on any atom is -0.496 e. The van der Waals surface area contributed by atoms with Crippen LogP contribution in [0.3, 0.4) is 0 Å². The first kappa shape index (κ1) is 12.4. The molecule has 1 rings (SSSR count). The summed E-state index contributed by atoms with van der Waals surface area (Å²) < 4.78 is 5.19. The van der Waals surface area contributed by atoms with Gasteiger partial charge in [0.25, 0.3) is 0 Å². The topological polar surface area (TPSA) is 58.0 Å². The average Bonchev–Trinajstić information content (AvgIpc) is 2.29. The Hall–Kier alpha value is -1.64. The van der Waals surface area contributed by atoms with Gasteiger partial charge < -0.3 is 4.74 Å². The zero-order valence-corrected chi connectivity index (χ0v) is 9.68. The number of azide groups is 1. The van der Waals surface area contributed by atoms with Gasteiger partial charge in [-0.05, 0) is 30.2 Å². The maximum atomic E-state index is 8.10. The van der Waals surface area contributed by atoms with Crippen LogP contribution >= 0.6 is 11.6 Å². The number of rotatable bonds is 5. The van der Waals surface area contributed by atoms with E-state index in [4.69, 9.17) is 21.9 Å². The molecule has 0 heterocycles. The van der Waals surface area contributed by atoms with Crippen molar-refractivity contribution in [2.45, 2.75) is 6.42 Å². The van der Waals surface area contributed by atoms with Crippen molar-refractivity contribution in [1.29, 1.82) is 0 Å². The van der Waals surface area contributed by atoms with Crippen molar-refractivity contribution >= 4 is 17.7 Å². The number of methoxy groups -OCH3 is 1. The Labute approximate surface area is 99.1 Å². The molecule has 0 aliphatic heterocycles. The van der Waals surface area contributed by atoms with Crippen molar-refractivity contribution < 1.29 is 4.74 Å². The predicted octanol–water partition coefficient (Wildman–Crippen LogP) is 4.06. The Kier molecular flexibility index (Phi) is 5.26. The van der Waals surface area contributed by atoms with Crippen LogP contribution < -0.4 is 4.74 Å². The molecule has 0 aromatic heterocycles. The maximum absolute atomic E-state index is 8.10. The van der Waals surface area contributed by atoms with Gasteiger partial charge in [-0.15, -0.1) is 0 Å². The lowest BCUT2D eigenvalue weighted by molar-refractivity contribution is 0.414. The molecule has 0 fully saturated rings. The van der Waals surface area contributed by atoms with Crippen LogP contribution in [0.4, 0.5) is 0 Å². The van der Waals surface area contributed by atoms with Crippen LogP contribution in [0.15, 0.2) is 29.4 Å². The first-order valence-electron chi connectivity index (χ1n) is 4.79. The third kappa shape index (κ3) is 3.85.